The van der Waals surface area contributed by atoms with Gasteiger partial charge >= 0.3 is 0 Å². The van der Waals surface area contributed by atoms with E-state index in [1.54, 1.807) is 0 Å². The van der Waals surface area contributed by atoms with Crippen LogP contribution in [0.3, 0.4) is 0 Å². The third-order valence-electron chi connectivity index (χ3n) is 0.543. The van der Waals surface area contributed by atoms with Gasteiger partial charge in [0.25, 0.3) is 0 Å². The lowest BCUT2D eigenvalue weighted by atomic mass is 10.7. The minimum Gasteiger partial charge on any atom is -0.314 e. The van der Waals surface area contributed by atoms with Gasteiger partial charge in [-0.05, 0) is 0 Å². The molecule has 1 nitrogen and oxygen atoms in total. The average Bonchev–Trinajstić information content (AvgIpc) is 1.69. The molecule has 0 saturated heterocycles. The monoisotopic (exact) mass is 213 g/mol. The highest BCUT2D eigenvalue weighted by Gasteiger charge is 1.78. The molecule has 0 amide bonds. The van der Waals surface area contributed by atoms with Gasteiger partial charge in [-0.3, -0.25) is 0 Å². The molecule has 0 spiro atoms. The first-order chi connectivity index (χ1) is 3.41. The third-order valence-corrected chi connectivity index (χ3v) is 0.921. The Bertz CT molecular complexity index is 31.7. The minimum atomic E-state index is 0. The van der Waals surface area contributed by atoms with Crippen molar-refractivity contribution >= 4 is 48.0 Å². The Morgan fingerprint density at radius 1 is 0.889 bits per heavy atom. The molecule has 5 heteroatoms. The molecule has 0 heterocycles. The van der Waals surface area contributed by atoms with Crippen LogP contribution in [0.25, 0.3) is 0 Å². The summed E-state index contributed by atoms with van der Waals surface area (Å²) in [6.07, 6.45) is 0. The minimum absolute atomic E-state index is 0. The maximum atomic E-state index is 5.33. The Labute approximate surface area is 78.3 Å². The van der Waals surface area contributed by atoms with Crippen molar-refractivity contribution in [1.29, 1.82) is 0 Å². The maximum Gasteiger partial charge on any atom is 0.0348 e. The van der Waals surface area contributed by atoms with Crippen molar-refractivity contribution in [3.63, 3.8) is 0 Å². The first-order valence-corrected chi connectivity index (χ1v) is 3.31. The highest BCUT2D eigenvalue weighted by molar-refractivity contribution is 6.18. The van der Waals surface area contributed by atoms with E-state index in [2.05, 4.69) is 5.32 Å². The lowest BCUT2D eigenvalue weighted by Crippen LogP contribution is -2.18. The van der Waals surface area contributed by atoms with E-state index in [1.807, 2.05) is 0 Å². The summed E-state index contributed by atoms with van der Waals surface area (Å²) in [5, 5.41) is 3.02. The molecule has 0 aromatic heterocycles. The predicted molar refractivity (Wildman–Crippen MR) is 48.8 cm³/mol. The van der Waals surface area contributed by atoms with E-state index in [9.17, 15) is 0 Å². The van der Waals surface area contributed by atoms with E-state index in [-0.39, 0.29) is 24.8 Å². The molecule has 0 unspecified atom stereocenters. The van der Waals surface area contributed by atoms with Crippen molar-refractivity contribution in [2.75, 3.05) is 24.8 Å². The molecule has 0 aromatic carbocycles. The molecule has 0 radical (unpaired) electrons. The maximum absolute atomic E-state index is 5.33. The van der Waals surface area contributed by atoms with E-state index >= 15 is 0 Å². The second-order valence-corrected chi connectivity index (χ2v) is 1.88. The molecule has 0 atom stereocenters. The lowest BCUT2D eigenvalue weighted by Gasteiger charge is -1.93. The molecule has 0 aliphatic rings. The van der Waals surface area contributed by atoms with E-state index < -0.39 is 0 Å². The fourth-order valence-corrected chi connectivity index (χ4v) is 0.526. The largest absolute Gasteiger partial charge is 0.314 e. The van der Waals surface area contributed by atoms with Crippen LogP contribution in [-0.2, 0) is 0 Å². The Kier molecular flexibility index (Phi) is 29.6. The summed E-state index contributed by atoms with van der Waals surface area (Å²) in [4.78, 5) is 0. The molecule has 0 aromatic rings. The fourth-order valence-electron chi connectivity index (χ4n) is 0.259. The van der Waals surface area contributed by atoms with Gasteiger partial charge in [0.05, 0.1) is 0 Å². The van der Waals surface area contributed by atoms with Crippen molar-refractivity contribution in [3.05, 3.63) is 0 Å². The topological polar surface area (TPSA) is 12.0 Å². The zero-order valence-corrected chi connectivity index (χ0v) is 8.05. The van der Waals surface area contributed by atoms with Crippen LogP contribution in [0.15, 0.2) is 0 Å². The average molecular weight is 215 g/mol. The quantitative estimate of drug-likeness (QED) is 0.557. The highest BCUT2D eigenvalue weighted by Crippen LogP contribution is 1.71. The number of rotatable bonds is 4. The fraction of sp³-hybridized carbons (Fsp3) is 1.00. The molecular weight excluding hydrogens is 204 g/mol. The molecule has 9 heavy (non-hydrogen) atoms. The van der Waals surface area contributed by atoms with Crippen LogP contribution in [0, 0.1) is 0 Å². The first kappa shape index (κ1) is 16.6. The number of hydrogen-bond acceptors (Lipinski definition) is 1. The van der Waals surface area contributed by atoms with Crippen LogP contribution in [0.2, 0.25) is 0 Å². The molecule has 0 saturated carbocycles. The van der Waals surface area contributed by atoms with E-state index in [4.69, 9.17) is 23.2 Å². The van der Waals surface area contributed by atoms with Crippen molar-refractivity contribution in [1.82, 2.24) is 5.32 Å². The van der Waals surface area contributed by atoms with Gasteiger partial charge in [-0.1, -0.05) is 0 Å². The van der Waals surface area contributed by atoms with E-state index in [1.165, 1.54) is 0 Å². The second-order valence-electron chi connectivity index (χ2n) is 1.13. The summed E-state index contributed by atoms with van der Waals surface area (Å²) in [5.74, 6) is 1.33. The van der Waals surface area contributed by atoms with Gasteiger partial charge in [-0.2, -0.15) is 0 Å². The first-order valence-electron chi connectivity index (χ1n) is 2.24. The molecule has 0 aliphatic heterocycles. The Morgan fingerprint density at radius 3 is 1.44 bits per heavy atom. The Morgan fingerprint density at radius 2 is 1.22 bits per heavy atom. The molecule has 0 bridgehead atoms. The zero-order valence-electron chi connectivity index (χ0n) is 4.90. The number of nitrogens with one attached hydrogen (secondary N) is 1. The molecule has 0 rings (SSSR count). The lowest BCUT2D eigenvalue weighted by molar-refractivity contribution is 0.770. The van der Waals surface area contributed by atoms with Gasteiger partial charge in [0.1, 0.15) is 0 Å². The van der Waals surface area contributed by atoms with Crippen LogP contribution in [0.1, 0.15) is 0 Å². The normalized spacial score (nSPS) is 7.33. The molecule has 60 valence electrons. The van der Waals surface area contributed by atoms with E-state index in [0.29, 0.717) is 11.8 Å². The SMILES string of the molecule is Cl.Cl.ClCCNCCCl. The molecule has 0 fully saturated rings. The van der Waals surface area contributed by atoms with Crippen LogP contribution >= 0.6 is 48.0 Å². The molecular formula is C4H11Cl4N. The van der Waals surface area contributed by atoms with Crippen molar-refractivity contribution in [3.8, 4) is 0 Å². The second kappa shape index (κ2) is 16.1. The van der Waals surface area contributed by atoms with Crippen LogP contribution in [-0.4, -0.2) is 24.8 Å². The van der Waals surface area contributed by atoms with Gasteiger partial charge < -0.3 is 5.32 Å². The van der Waals surface area contributed by atoms with Gasteiger partial charge in [-0.15, -0.1) is 48.0 Å². The van der Waals surface area contributed by atoms with Crippen molar-refractivity contribution in [2.24, 2.45) is 0 Å². The number of hydrogen-bond donors (Lipinski definition) is 1. The summed E-state index contributed by atoms with van der Waals surface area (Å²) in [6, 6.07) is 0. The van der Waals surface area contributed by atoms with Gasteiger partial charge in [0.15, 0.2) is 0 Å². The van der Waals surface area contributed by atoms with Crippen LogP contribution in [0.5, 0.6) is 0 Å². The summed E-state index contributed by atoms with van der Waals surface area (Å²) in [6.45, 7) is 1.71. The third kappa shape index (κ3) is 17.6. The predicted octanol–water partition coefficient (Wildman–Crippen LogP) is 1.90. The molecule has 1 N–H and O–H groups in total. The smallest absolute Gasteiger partial charge is 0.0348 e. The highest BCUT2D eigenvalue weighted by atomic mass is 35.5. The Hall–Kier alpha value is 1.12. The van der Waals surface area contributed by atoms with Gasteiger partial charge in [0.2, 0.25) is 0 Å². The van der Waals surface area contributed by atoms with Crippen LogP contribution < -0.4 is 5.32 Å². The van der Waals surface area contributed by atoms with Gasteiger partial charge in [-0.25, -0.2) is 0 Å². The Balaban J connectivity index is -0.000000180. The standard InChI is InChI=1S/C4H9Cl2N.2ClH/c5-1-3-7-4-2-6;;/h7H,1-4H2;2*1H. The summed E-state index contributed by atoms with van der Waals surface area (Å²) < 4.78 is 0. The summed E-state index contributed by atoms with van der Waals surface area (Å²) in [7, 11) is 0. The summed E-state index contributed by atoms with van der Waals surface area (Å²) in [5.41, 5.74) is 0. The molecule has 0 aliphatic carbocycles. The zero-order chi connectivity index (χ0) is 5.54. The summed E-state index contributed by atoms with van der Waals surface area (Å²) >= 11 is 10.7. The van der Waals surface area contributed by atoms with Crippen molar-refractivity contribution < 1.29 is 0 Å². The van der Waals surface area contributed by atoms with E-state index in [0.717, 1.165) is 13.1 Å². The van der Waals surface area contributed by atoms with Gasteiger partial charge in [0, 0.05) is 24.8 Å². The number of alkyl halides is 2. The number of halogens is 4. The van der Waals surface area contributed by atoms with Crippen molar-refractivity contribution in [2.45, 2.75) is 0 Å². The van der Waals surface area contributed by atoms with Crippen LogP contribution in [0.4, 0.5) is 0 Å².